The maximum absolute atomic E-state index is 13.2. The first kappa shape index (κ1) is 10.2. The zero-order valence-corrected chi connectivity index (χ0v) is 9.69. The van der Waals surface area contributed by atoms with Gasteiger partial charge in [0.2, 0.25) is 0 Å². The third-order valence-corrected chi connectivity index (χ3v) is 3.20. The molecule has 0 spiro atoms. The van der Waals surface area contributed by atoms with E-state index in [1.54, 1.807) is 28.3 Å². The highest BCUT2D eigenvalue weighted by Crippen LogP contribution is 2.24. The summed E-state index contributed by atoms with van der Waals surface area (Å²) in [5, 5.41) is 8.30. The minimum atomic E-state index is -0.255. The second-order valence-electron chi connectivity index (χ2n) is 3.62. The summed E-state index contributed by atoms with van der Waals surface area (Å²) in [6.45, 7) is 0. The Balaban J connectivity index is 2.14. The van der Waals surface area contributed by atoms with Gasteiger partial charge in [-0.15, -0.1) is 0 Å². The highest BCUT2D eigenvalue weighted by Gasteiger charge is 2.07. The Morgan fingerprint density at radius 3 is 2.88 bits per heavy atom. The molecule has 0 unspecified atom stereocenters. The molecule has 2 nitrogen and oxygen atoms in total. The standard InChI is InChI=1S/C13H9FN2S/c14-11-2-1-3-12(8-11)16-13(4-6-15-16)10-5-7-17-9-10/h1-9H. The second kappa shape index (κ2) is 4.14. The third kappa shape index (κ3) is 1.87. The van der Waals surface area contributed by atoms with Crippen LogP contribution in [-0.4, -0.2) is 9.78 Å². The monoisotopic (exact) mass is 244 g/mol. The molecule has 0 amide bonds. The predicted octanol–water partition coefficient (Wildman–Crippen LogP) is 3.74. The minimum absolute atomic E-state index is 0.255. The molecule has 84 valence electrons. The fourth-order valence-electron chi connectivity index (χ4n) is 1.75. The van der Waals surface area contributed by atoms with E-state index in [0.29, 0.717) is 0 Å². The largest absolute Gasteiger partial charge is 0.233 e. The zero-order valence-electron chi connectivity index (χ0n) is 8.88. The lowest BCUT2D eigenvalue weighted by Crippen LogP contribution is -1.98. The van der Waals surface area contributed by atoms with E-state index in [-0.39, 0.29) is 5.82 Å². The quantitative estimate of drug-likeness (QED) is 0.671. The molecule has 0 aliphatic carbocycles. The Hall–Kier alpha value is -1.94. The summed E-state index contributed by atoms with van der Waals surface area (Å²) in [7, 11) is 0. The van der Waals surface area contributed by atoms with Crippen LogP contribution < -0.4 is 0 Å². The summed E-state index contributed by atoms with van der Waals surface area (Å²) in [6, 6.07) is 10.4. The van der Waals surface area contributed by atoms with E-state index in [0.717, 1.165) is 16.9 Å². The van der Waals surface area contributed by atoms with Crippen molar-refractivity contribution in [2.45, 2.75) is 0 Å². The van der Waals surface area contributed by atoms with Crippen molar-refractivity contribution in [1.29, 1.82) is 0 Å². The van der Waals surface area contributed by atoms with Crippen molar-refractivity contribution in [1.82, 2.24) is 9.78 Å². The van der Waals surface area contributed by atoms with Crippen molar-refractivity contribution in [3.63, 3.8) is 0 Å². The van der Waals surface area contributed by atoms with Gasteiger partial charge >= 0.3 is 0 Å². The van der Waals surface area contributed by atoms with Crippen LogP contribution in [0.25, 0.3) is 16.9 Å². The molecule has 0 radical (unpaired) electrons. The molecule has 0 atom stereocenters. The van der Waals surface area contributed by atoms with Gasteiger partial charge < -0.3 is 0 Å². The summed E-state index contributed by atoms with van der Waals surface area (Å²) in [5.41, 5.74) is 2.80. The van der Waals surface area contributed by atoms with Crippen LogP contribution in [0, 0.1) is 5.82 Å². The Morgan fingerprint density at radius 1 is 1.18 bits per heavy atom. The van der Waals surface area contributed by atoms with E-state index in [4.69, 9.17) is 0 Å². The topological polar surface area (TPSA) is 17.8 Å². The summed E-state index contributed by atoms with van der Waals surface area (Å²) in [5.74, 6) is -0.255. The van der Waals surface area contributed by atoms with Gasteiger partial charge in [-0.25, -0.2) is 9.07 Å². The van der Waals surface area contributed by atoms with Gasteiger partial charge in [-0.2, -0.15) is 16.4 Å². The van der Waals surface area contributed by atoms with Crippen molar-refractivity contribution in [2.75, 3.05) is 0 Å². The van der Waals surface area contributed by atoms with Crippen LogP contribution in [0.1, 0.15) is 0 Å². The number of halogens is 1. The van der Waals surface area contributed by atoms with Crippen LogP contribution in [0.4, 0.5) is 4.39 Å². The molecule has 0 fully saturated rings. The molecule has 3 rings (SSSR count). The number of benzene rings is 1. The molecule has 0 bridgehead atoms. The van der Waals surface area contributed by atoms with Gasteiger partial charge in [0.15, 0.2) is 0 Å². The molecule has 0 N–H and O–H groups in total. The summed E-state index contributed by atoms with van der Waals surface area (Å²) in [6.07, 6.45) is 1.72. The lowest BCUT2D eigenvalue weighted by molar-refractivity contribution is 0.625. The SMILES string of the molecule is Fc1cccc(-n2nccc2-c2ccsc2)c1. The van der Waals surface area contributed by atoms with E-state index >= 15 is 0 Å². The number of hydrogen-bond acceptors (Lipinski definition) is 2. The molecule has 1 aromatic carbocycles. The van der Waals surface area contributed by atoms with Crippen molar-refractivity contribution >= 4 is 11.3 Å². The number of rotatable bonds is 2. The molecular weight excluding hydrogens is 235 g/mol. The lowest BCUT2D eigenvalue weighted by Gasteiger charge is -2.06. The van der Waals surface area contributed by atoms with E-state index in [1.807, 2.05) is 29.0 Å². The lowest BCUT2D eigenvalue weighted by atomic mass is 10.2. The van der Waals surface area contributed by atoms with Crippen molar-refractivity contribution in [2.24, 2.45) is 0 Å². The molecule has 0 saturated heterocycles. The van der Waals surface area contributed by atoms with Crippen molar-refractivity contribution in [3.05, 3.63) is 59.2 Å². The van der Waals surface area contributed by atoms with Crippen molar-refractivity contribution in [3.8, 4) is 16.9 Å². The molecule has 2 aromatic heterocycles. The maximum Gasteiger partial charge on any atom is 0.125 e. The third-order valence-electron chi connectivity index (χ3n) is 2.51. The fraction of sp³-hybridized carbons (Fsp3) is 0. The Labute approximate surface area is 102 Å². The van der Waals surface area contributed by atoms with Crippen LogP contribution in [0.3, 0.4) is 0 Å². The summed E-state index contributed by atoms with van der Waals surface area (Å²) in [4.78, 5) is 0. The van der Waals surface area contributed by atoms with E-state index in [1.165, 1.54) is 12.1 Å². The molecule has 0 aliphatic heterocycles. The van der Waals surface area contributed by atoms with Crippen LogP contribution in [0.15, 0.2) is 53.4 Å². The minimum Gasteiger partial charge on any atom is -0.233 e. The summed E-state index contributed by atoms with van der Waals surface area (Å²) >= 11 is 1.63. The molecule has 3 aromatic rings. The van der Waals surface area contributed by atoms with Gasteiger partial charge in [0, 0.05) is 10.9 Å². The predicted molar refractivity (Wildman–Crippen MR) is 66.8 cm³/mol. The molecule has 0 aliphatic rings. The van der Waals surface area contributed by atoms with E-state index in [2.05, 4.69) is 5.10 Å². The highest BCUT2D eigenvalue weighted by molar-refractivity contribution is 7.08. The Kier molecular flexibility index (Phi) is 2.49. The molecule has 2 heterocycles. The van der Waals surface area contributed by atoms with Crippen molar-refractivity contribution < 1.29 is 4.39 Å². The number of nitrogens with zero attached hydrogens (tertiary/aromatic N) is 2. The number of thiophene rings is 1. The Morgan fingerprint density at radius 2 is 2.12 bits per heavy atom. The highest BCUT2D eigenvalue weighted by atomic mass is 32.1. The first-order valence-electron chi connectivity index (χ1n) is 5.17. The van der Waals surface area contributed by atoms with Gasteiger partial charge in [0.05, 0.1) is 17.6 Å². The maximum atomic E-state index is 13.2. The summed E-state index contributed by atoms with van der Waals surface area (Å²) < 4.78 is 14.9. The molecule has 4 heteroatoms. The Bertz CT molecular complexity index is 628. The van der Waals surface area contributed by atoms with Gasteiger partial charge in [0.1, 0.15) is 5.82 Å². The molecular formula is C13H9FN2S. The van der Waals surface area contributed by atoms with E-state index in [9.17, 15) is 4.39 Å². The van der Waals surface area contributed by atoms with Gasteiger partial charge in [-0.1, -0.05) is 6.07 Å². The number of hydrogen-bond donors (Lipinski definition) is 0. The van der Waals surface area contributed by atoms with Crippen LogP contribution in [-0.2, 0) is 0 Å². The van der Waals surface area contributed by atoms with Gasteiger partial charge in [0.25, 0.3) is 0 Å². The van der Waals surface area contributed by atoms with Crippen LogP contribution in [0.2, 0.25) is 0 Å². The first-order valence-corrected chi connectivity index (χ1v) is 6.11. The molecule has 0 saturated carbocycles. The fourth-order valence-corrected chi connectivity index (χ4v) is 2.40. The second-order valence-corrected chi connectivity index (χ2v) is 4.40. The average Bonchev–Trinajstić information content (AvgIpc) is 3.00. The number of aromatic nitrogens is 2. The average molecular weight is 244 g/mol. The van der Waals surface area contributed by atoms with E-state index < -0.39 is 0 Å². The normalized spacial score (nSPS) is 10.6. The van der Waals surface area contributed by atoms with Crippen LogP contribution in [0.5, 0.6) is 0 Å². The smallest absolute Gasteiger partial charge is 0.125 e. The zero-order chi connectivity index (χ0) is 11.7. The van der Waals surface area contributed by atoms with Gasteiger partial charge in [-0.05, 0) is 35.7 Å². The first-order chi connectivity index (χ1) is 8.34. The van der Waals surface area contributed by atoms with Gasteiger partial charge in [-0.3, -0.25) is 0 Å². The van der Waals surface area contributed by atoms with Crippen LogP contribution >= 0.6 is 11.3 Å². The molecule has 17 heavy (non-hydrogen) atoms.